The lowest BCUT2D eigenvalue weighted by Crippen LogP contribution is -1.99. The van der Waals surface area contributed by atoms with E-state index in [1.165, 1.54) is 0 Å². The van der Waals surface area contributed by atoms with Crippen LogP contribution in [-0.4, -0.2) is 9.97 Å². The van der Waals surface area contributed by atoms with E-state index in [-0.39, 0.29) is 0 Å². The lowest BCUT2D eigenvalue weighted by atomic mass is 10.2. The van der Waals surface area contributed by atoms with Crippen molar-refractivity contribution in [3.63, 3.8) is 0 Å². The standard InChI is InChI=1S/C20H16N4/c21-15-9-6-10-16(13-15)22-20-17-11-4-5-12-18(17)23-19(24-20)14-7-2-1-3-8-14/h1-13H,21H2,(H,22,23,24). The topological polar surface area (TPSA) is 63.8 Å². The van der Waals surface area contributed by atoms with Crippen LogP contribution in [0.1, 0.15) is 0 Å². The number of aromatic nitrogens is 2. The van der Waals surface area contributed by atoms with Crippen LogP contribution in [0, 0.1) is 0 Å². The predicted molar refractivity (Wildman–Crippen MR) is 99.1 cm³/mol. The van der Waals surface area contributed by atoms with E-state index in [2.05, 4.69) is 10.3 Å². The summed E-state index contributed by atoms with van der Waals surface area (Å²) in [6.45, 7) is 0. The summed E-state index contributed by atoms with van der Waals surface area (Å²) >= 11 is 0. The zero-order chi connectivity index (χ0) is 16.4. The molecule has 0 unspecified atom stereocenters. The number of anilines is 3. The lowest BCUT2D eigenvalue weighted by molar-refractivity contribution is 1.22. The molecule has 4 heteroatoms. The van der Waals surface area contributed by atoms with Crippen molar-refractivity contribution in [3.05, 3.63) is 78.9 Å². The third-order valence-electron chi connectivity index (χ3n) is 3.78. The van der Waals surface area contributed by atoms with Crippen LogP contribution in [0.15, 0.2) is 78.9 Å². The molecule has 0 amide bonds. The minimum absolute atomic E-state index is 0.695. The molecule has 0 saturated carbocycles. The Bertz CT molecular complexity index is 997. The molecule has 116 valence electrons. The summed E-state index contributed by atoms with van der Waals surface area (Å²) in [6, 6.07) is 25.6. The first kappa shape index (κ1) is 14.2. The van der Waals surface area contributed by atoms with E-state index in [0.29, 0.717) is 11.5 Å². The summed E-state index contributed by atoms with van der Waals surface area (Å²) in [5.74, 6) is 1.46. The van der Waals surface area contributed by atoms with Gasteiger partial charge in [0.2, 0.25) is 0 Å². The molecule has 0 radical (unpaired) electrons. The summed E-state index contributed by atoms with van der Waals surface area (Å²) in [7, 11) is 0. The second kappa shape index (κ2) is 6.01. The first-order valence-corrected chi connectivity index (χ1v) is 7.74. The van der Waals surface area contributed by atoms with E-state index < -0.39 is 0 Å². The van der Waals surface area contributed by atoms with Crippen LogP contribution in [0.4, 0.5) is 17.2 Å². The van der Waals surface area contributed by atoms with Gasteiger partial charge < -0.3 is 11.1 Å². The first-order valence-electron chi connectivity index (χ1n) is 7.74. The molecule has 3 N–H and O–H groups in total. The van der Waals surface area contributed by atoms with Gasteiger partial charge in [0.1, 0.15) is 5.82 Å². The van der Waals surface area contributed by atoms with Gasteiger partial charge in [0.05, 0.1) is 5.52 Å². The number of para-hydroxylation sites is 1. The smallest absolute Gasteiger partial charge is 0.162 e. The van der Waals surface area contributed by atoms with Gasteiger partial charge >= 0.3 is 0 Å². The van der Waals surface area contributed by atoms with Gasteiger partial charge in [-0.1, -0.05) is 48.5 Å². The van der Waals surface area contributed by atoms with Crippen molar-refractivity contribution in [1.82, 2.24) is 9.97 Å². The summed E-state index contributed by atoms with van der Waals surface area (Å²) < 4.78 is 0. The summed E-state index contributed by atoms with van der Waals surface area (Å²) in [5, 5.41) is 4.34. The number of benzene rings is 3. The van der Waals surface area contributed by atoms with Crippen molar-refractivity contribution >= 4 is 28.1 Å². The number of nitrogens with two attached hydrogens (primary N) is 1. The van der Waals surface area contributed by atoms with E-state index in [1.807, 2.05) is 78.9 Å². The Kier molecular flexibility index (Phi) is 3.56. The predicted octanol–water partition coefficient (Wildman–Crippen LogP) is 4.62. The Labute approximate surface area is 140 Å². The van der Waals surface area contributed by atoms with Gasteiger partial charge in [0.25, 0.3) is 0 Å². The fourth-order valence-electron chi connectivity index (χ4n) is 2.64. The van der Waals surface area contributed by atoms with Crippen LogP contribution < -0.4 is 11.1 Å². The molecular formula is C20H16N4. The molecule has 0 aliphatic carbocycles. The van der Waals surface area contributed by atoms with Crippen LogP contribution in [-0.2, 0) is 0 Å². The highest BCUT2D eigenvalue weighted by atomic mass is 15.0. The Morgan fingerprint density at radius 1 is 0.750 bits per heavy atom. The van der Waals surface area contributed by atoms with E-state index in [9.17, 15) is 0 Å². The maximum Gasteiger partial charge on any atom is 0.162 e. The average molecular weight is 312 g/mol. The van der Waals surface area contributed by atoms with Crippen molar-refractivity contribution in [1.29, 1.82) is 0 Å². The zero-order valence-corrected chi connectivity index (χ0v) is 13.0. The molecule has 1 aromatic heterocycles. The molecule has 3 aromatic carbocycles. The second-order valence-electron chi connectivity index (χ2n) is 5.53. The third kappa shape index (κ3) is 2.77. The third-order valence-corrected chi connectivity index (χ3v) is 3.78. The van der Waals surface area contributed by atoms with Gasteiger partial charge in [-0.3, -0.25) is 0 Å². The maximum absolute atomic E-state index is 5.87. The van der Waals surface area contributed by atoms with Gasteiger partial charge in [0.15, 0.2) is 5.82 Å². The molecule has 4 aromatic rings. The summed E-state index contributed by atoms with van der Waals surface area (Å²) in [5.41, 5.74) is 9.37. The van der Waals surface area contributed by atoms with Crippen molar-refractivity contribution in [2.24, 2.45) is 0 Å². The number of nitrogens with one attached hydrogen (secondary N) is 1. The molecular weight excluding hydrogens is 296 g/mol. The average Bonchev–Trinajstić information content (AvgIpc) is 2.62. The fourth-order valence-corrected chi connectivity index (χ4v) is 2.64. The Balaban J connectivity index is 1.86. The number of nitrogen functional groups attached to an aromatic ring is 1. The van der Waals surface area contributed by atoms with E-state index >= 15 is 0 Å². The monoisotopic (exact) mass is 312 g/mol. The molecule has 0 atom stereocenters. The molecule has 0 saturated heterocycles. The normalized spacial score (nSPS) is 10.7. The highest BCUT2D eigenvalue weighted by Crippen LogP contribution is 2.27. The number of rotatable bonds is 3. The fraction of sp³-hybridized carbons (Fsp3) is 0. The number of fused-ring (bicyclic) bond motifs is 1. The minimum Gasteiger partial charge on any atom is -0.399 e. The van der Waals surface area contributed by atoms with Gasteiger partial charge in [0, 0.05) is 22.3 Å². The van der Waals surface area contributed by atoms with Crippen LogP contribution in [0.25, 0.3) is 22.3 Å². The van der Waals surface area contributed by atoms with Crippen molar-refractivity contribution < 1.29 is 0 Å². The van der Waals surface area contributed by atoms with Crippen LogP contribution in [0.5, 0.6) is 0 Å². The van der Waals surface area contributed by atoms with Crippen molar-refractivity contribution in [2.75, 3.05) is 11.1 Å². The Hall–Kier alpha value is -3.40. The van der Waals surface area contributed by atoms with E-state index in [1.54, 1.807) is 0 Å². The molecule has 0 spiro atoms. The molecule has 0 fully saturated rings. The van der Waals surface area contributed by atoms with Crippen molar-refractivity contribution in [3.8, 4) is 11.4 Å². The maximum atomic E-state index is 5.87. The molecule has 1 heterocycles. The van der Waals surface area contributed by atoms with Gasteiger partial charge in [-0.15, -0.1) is 0 Å². The molecule has 4 nitrogen and oxygen atoms in total. The van der Waals surface area contributed by atoms with Crippen LogP contribution in [0.3, 0.4) is 0 Å². The molecule has 24 heavy (non-hydrogen) atoms. The van der Waals surface area contributed by atoms with Crippen LogP contribution in [0.2, 0.25) is 0 Å². The first-order chi connectivity index (χ1) is 11.8. The number of hydrogen-bond acceptors (Lipinski definition) is 4. The Morgan fingerprint density at radius 3 is 2.38 bits per heavy atom. The molecule has 0 aliphatic heterocycles. The zero-order valence-electron chi connectivity index (χ0n) is 13.0. The molecule has 4 rings (SSSR count). The van der Waals surface area contributed by atoms with Gasteiger partial charge in [-0.05, 0) is 30.3 Å². The second-order valence-corrected chi connectivity index (χ2v) is 5.53. The van der Waals surface area contributed by atoms with Gasteiger partial charge in [-0.25, -0.2) is 9.97 Å². The highest BCUT2D eigenvalue weighted by molar-refractivity contribution is 5.92. The van der Waals surface area contributed by atoms with E-state index in [0.717, 1.165) is 28.0 Å². The minimum atomic E-state index is 0.695. The lowest BCUT2D eigenvalue weighted by Gasteiger charge is -2.11. The Morgan fingerprint density at radius 2 is 1.54 bits per heavy atom. The highest BCUT2D eigenvalue weighted by Gasteiger charge is 2.09. The number of nitrogens with zero attached hydrogens (tertiary/aromatic N) is 2. The molecule has 0 bridgehead atoms. The largest absolute Gasteiger partial charge is 0.399 e. The van der Waals surface area contributed by atoms with Gasteiger partial charge in [-0.2, -0.15) is 0 Å². The summed E-state index contributed by atoms with van der Waals surface area (Å²) in [6.07, 6.45) is 0. The summed E-state index contributed by atoms with van der Waals surface area (Å²) in [4.78, 5) is 9.42. The van der Waals surface area contributed by atoms with E-state index in [4.69, 9.17) is 10.7 Å². The molecule has 0 aliphatic rings. The number of hydrogen-bond donors (Lipinski definition) is 2. The SMILES string of the molecule is Nc1cccc(Nc2nc(-c3ccccc3)nc3ccccc23)c1. The quantitative estimate of drug-likeness (QED) is 0.542. The van der Waals surface area contributed by atoms with Crippen molar-refractivity contribution in [2.45, 2.75) is 0 Å². The van der Waals surface area contributed by atoms with Crippen LogP contribution >= 0.6 is 0 Å².